The lowest BCUT2D eigenvalue weighted by atomic mass is 10.2. The first-order chi connectivity index (χ1) is 17.1. The van der Waals surface area contributed by atoms with Crippen LogP contribution in [0.1, 0.15) is 18.2 Å². The van der Waals surface area contributed by atoms with Gasteiger partial charge in [-0.05, 0) is 54.0 Å². The van der Waals surface area contributed by atoms with Gasteiger partial charge in [0.2, 0.25) is 5.91 Å². The number of urea groups is 1. The third kappa shape index (κ3) is 6.40. The minimum Gasteiger partial charge on any atom is -0.485 e. The average Bonchev–Trinajstić information content (AvgIpc) is 3.15. The Balaban J connectivity index is 1.67. The van der Waals surface area contributed by atoms with E-state index in [4.69, 9.17) is 32.7 Å². The number of aryl methyl sites for hydroxylation is 1. The highest BCUT2D eigenvalue weighted by molar-refractivity contribution is 9.10. The number of likely N-dealkylation sites (N-methyl/N-ethyl adjacent to an activating group) is 1. The van der Waals surface area contributed by atoms with Crippen LogP contribution in [0.4, 0.5) is 10.5 Å². The molecular weight excluding hydrogens is 577 g/mol. The number of nitrogens with zero attached hydrogens (tertiary/aromatic N) is 3. The normalized spacial score (nSPS) is 10.7. The quantitative estimate of drug-likeness (QED) is 0.357. The molecule has 13 heteroatoms. The monoisotopic (exact) mass is 599 g/mol. The summed E-state index contributed by atoms with van der Waals surface area (Å²) >= 11 is 16.5. The maximum Gasteiger partial charge on any atom is 0.325 e. The van der Waals surface area contributed by atoms with E-state index in [0.29, 0.717) is 27.7 Å². The molecule has 10 nitrogen and oxygen atoms in total. The van der Waals surface area contributed by atoms with Crippen molar-refractivity contribution in [3.05, 3.63) is 56.4 Å². The summed E-state index contributed by atoms with van der Waals surface area (Å²) in [5.74, 6) is -0.489. The molecule has 0 unspecified atom stereocenters. The van der Waals surface area contributed by atoms with Crippen LogP contribution in [0.5, 0.6) is 5.75 Å². The number of carbonyl (C=O) groups excluding carboxylic acids is 3. The largest absolute Gasteiger partial charge is 0.485 e. The van der Waals surface area contributed by atoms with Crippen LogP contribution in [0, 0.1) is 6.92 Å². The lowest BCUT2D eigenvalue weighted by molar-refractivity contribution is -0.141. The lowest BCUT2D eigenvalue weighted by Gasteiger charge is -2.21. The van der Waals surface area contributed by atoms with Gasteiger partial charge in [0.25, 0.3) is 0 Å². The molecule has 2 N–H and O–H groups in total. The molecule has 0 fully saturated rings. The van der Waals surface area contributed by atoms with E-state index in [9.17, 15) is 14.4 Å². The second-order valence-electron chi connectivity index (χ2n) is 7.50. The Morgan fingerprint density at radius 2 is 1.89 bits per heavy atom. The average molecular weight is 601 g/mol. The molecule has 0 saturated carbocycles. The van der Waals surface area contributed by atoms with Crippen LogP contribution >= 0.6 is 39.1 Å². The zero-order valence-corrected chi connectivity index (χ0v) is 22.8. The van der Waals surface area contributed by atoms with E-state index in [0.717, 1.165) is 10.3 Å². The molecule has 0 aliphatic heterocycles. The number of aromatic nitrogens is 2. The molecule has 0 radical (unpaired) electrons. The minimum absolute atomic E-state index is 0.0330. The number of carbonyl (C=O) groups is 3. The zero-order valence-electron chi connectivity index (χ0n) is 19.7. The van der Waals surface area contributed by atoms with E-state index in [1.165, 1.54) is 11.9 Å². The van der Waals surface area contributed by atoms with E-state index in [-0.39, 0.29) is 31.3 Å². The molecule has 0 aliphatic carbocycles. The van der Waals surface area contributed by atoms with Gasteiger partial charge in [-0.3, -0.25) is 14.0 Å². The Morgan fingerprint density at radius 1 is 1.17 bits per heavy atom. The highest BCUT2D eigenvalue weighted by Gasteiger charge is 2.20. The molecule has 1 aromatic carbocycles. The number of ether oxygens (including phenoxy) is 2. The van der Waals surface area contributed by atoms with E-state index >= 15 is 0 Å². The van der Waals surface area contributed by atoms with Crippen molar-refractivity contribution in [2.75, 3.05) is 31.6 Å². The molecule has 3 rings (SSSR count). The molecule has 36 heavy (non-hydrogen) atoms. The number of anilines is 1. The summed E-state index contributed by atoms with van der Waals surface area (Å²) in [5.41, 5.74) is 2.31. The summed E-state index contributed by atoms with van der Waals surface area (Å²) in [6.45, 7) is 3.14. The van der Waals surface area contributed by atoms with Crippen LogP contribution in [0.2, 0.25) is 10.0 Å². The number of esters is 1. The number of pyridine rings is 1. The number of hydrogen-bond acceptors (Lipinski definition) is 6. The highest BCUT2D eigenvalue weighted by Crippen LogP contribution is 2.35. The maximum atomic E-state index is 12.7. The molecule has 0 atom stereocenters. The van der Waals surface area contributed by atoms with Crippen molar-refractivity contribution >= 4 is 68.4 Å². The first kappa shape index (κ1) is 27.6. The molecule has 0 spiro atoms. The second-order valence-corrected chi connectivity index (χ2v) is 9.03. The van der Waals surface area contributed by atoms with E-state index < -0.39 is 17.9 Å². The second kappa shape index (κ2) is 12.3. The number of rotatable bonds is 9. The van der Waals surface area contributed by atoms with Crippen molar-refractivity contribution in [3.63, 3.8) is 0 Å². The maximum absolute atomic E-state index is 12.7. The van der Waals surface area contributed by atoms with Crippen molar-refractivity contribution in [1.29, 1.82) is 0 Å². The van der Waals surface area contributed by atoms with Crippen LogP contribution in [-0.2, 0) is 20.9 Å². The first-order valence-corrected chi connectivity index (χ1v) is 12.4. The Hall–Kier alpha value is -3.02. The van der Waals surface area contributed by atoms with E-state index in [2.05, 4.69) is 31.5 Å². The summed E-state index contributed by atoms with van der Waals surface area (Å²) < 4.78 is 13.4. The molecule has 0 saturated heterocycles. The van der Waals surface area contributed by atoms with Crippen molar-refractivity contribution in [3.8, 4) is 5.75 Å². The van der Waals surface area contributed by atoms with Crippen LogP contribution in [0.15, 0.2) is 35.1 Å². The van der Waals surface area contributed by atoms with Gasteiger partial charge in [0, 0.05) is 23.8 Å². The van der Waals surface area contributed by atoms with Gasteiger partial charge in [-0.2, -0.15) is 0 Å². The Kier molecular flexibility index (Phi) is 9.41. The third-order valence-corrected chi connectivity index (χ3v) is 6.82. The summed E-state index contributed by atoms with van der Waals surface area (Å²) in [6, 6.07) is 6.14. The van der Waals surface area contributed by atoms with Crippen LogP contribution in [0.3, 0.4) is 0 Å². The van der Waals surface area contributed by atoms with Gasteiger partial charge in [-0.25, -0.2) is 9.78 Å². The predicted molar refractivity (Wildman–Crippen MR) is 140 cm³/mol. The summed E-state index contributed by atoms with van der Waals surface area (Å²) in [7, 11) is 1.52. The fourth-order valence-electron chi connectivity index (χ4n) is 3.20. The van der Waals surface area contributed by atoms with Crippen molar-refractivity contribution in [1.82, 2.24) is 20.0 Å². The zero-order chi connectivity index (χ0) is 26.4. The van der Waals surface area contributed by atoms with Gasteiger partial charge in [0.1, 0.15) is 17.8 Å². The molecule has 0 aliphatic rings. The number of amides is 3. The SMILES string of the molecule is CCOC(=O)CNC(=O)NCC(=O)N(C)c1ccc(Cl)c(COc2cccn3c(Br)c(C)nc23)c1Cl. The standard InChI is InChI=1S/C23H24BrCl2N5O5/c1-4-35-19(33)11-28-23(34)27-10-18(32)30(3)16-8-7-15(25)14(20(16)26)12-36-17-6-5-9-31-21(24)13(2)29-22(17)31/h5-9H,4,10-12H2,1-3H3,(H2,27,28,34). The van der Waals surface area contributed by atoms with Crippen LogP contribution < -0.4 is 20.3 Å². The number of imidazole rings is 1. The Labute approximate surface area is 226 Å². The topological polar surface area (TPSA) is 114 Å². The van der Waals surface area contributed by atoms with Crippen LogP contribution in [0.25, 0.3) is 5.65 Å². The lowest BCUT2D eigenvalue weighted by Crippen LogP contribution is -2.44. The summed E-state index contributed by atoms with van der Waals surface area (Å²) in [5, 5.41) is 5.31. The van der Waals surface area contributed by atoms with Gasteiger partial charge in [0.15, 0.2) is 11.4 Å². The molecule has 2 aromatic heterocycles. The van der Waals surface area contributed by atoms with Gasteiger partial charge < -0.3 is 25.0 Å². The molecule has 2 heterocycles. The molecular formula is C23H24BrCl2N5O5. The van der Waals surface area contributed by atoms with E-state index in [1.807, 2.05) is 23.6 Å². The van der Waals surface area contributed by atoms with Gasteiger partial charge in [-0.1, -0.05) is 23.2 Å². The van der Waals surface area contributed by atoms with Gasteiger partial charge >= 0.3 is 12.0 Å². The number of fused-ring (bicyclic) bond motifs is 1. The predicted octanol–water partition coefficient (Wildman–Crippen LogP) is 4.12. The Bertz CT molecular complexity index is 1300. The van der Waals surface area contributed by atoms with E-state index in [1.54, 1.807) is 25.1 Å². The Morgan fingerprint density at radius 3 is 2.61 bits per heavy atom. The molecule has 0 bridgehead atoms. The molecule has 3 aromatic rings. The molecule has 3 amide bonds. The van der Waals surface area contributed by atoms with Crippen LogP contribution in [-0.4, -0.2) is 54.0 Å². The summed E-state index contributed by atoms with van der Waals surface area (Å²) in [4.78, 5) is 41.6. The van der Waals surface area contributed by atoms with Gasteiger partial charge in [0.05, 0.1) is 29.6 Å². The van der Waals surface area contributed by atoms with Gasteiger partial charge in [-0.15, -0.1) is 0 Å². The minimum atomic E-state index is -0.684. The van der Waals surface area contributed by atoms with Crippen molar-refractivity contribution in [2.24, 2.45) is 0 Å². The fourth-order valence-corrected chi connectivity index (χ4v) is 4.18. The van der Waals surface area contributed by atoms with Crippen molar-refractivity contribution < 1.29 is 23.9 Å². The number of benzene rings is 1. The first-order valence-electron chi connectivity index (χ1n) is 10.8. The highest BCUT2D eigenvalue weighted by atomic mass is 79.9. The smallest absolute Gasteiger partial charge is 0.325 e. The fraction of sp³-hybridized carbons (Fsp3) is 0.304. The van der Waals surface area contributed by atoms with Crippen molar-refractivity contribution in [2.45, 2.75) is 20.5 Å². The number of halogens is 3. The number of hydrogen-bond donors (Lipinski definition) is 2. The molecule has 192 valence electrons. The summed E-state index contributed by atoms with van der Waals surface area (Å²) in [6.07, 6.45) is 1.86. The third-order valence-electron chi connectivity index (χ3n) is 5.09. The number of nitrogens with one attached hydrogen (secondary N) is 2.